The molecule has 0 saturated heterocycles. The predicted molar refractivity (Wildman–Crippen MR) is 105 cm³/mol. The van der Waals surface area contributed by atoms with Crippen LogP contribution in [0.25, 0.3) is 0 Å². The summed E-state index contributed by atoms with van der Waals surface area (Å²) in [5.41, 5.74) is 0.679. The molecule has 2 aromatic rings. The summed E-state index contributed by atoms with van der Waals surface area (Å²) < 4.78 is 44.1. The van der Waals surface area contributed by atoms with E-state index in [9.17, 15) is 18.0 Å². The lowest BCUT2D eigenvalue weighted by Gasteiger charge is -2.52. The van der Waals surface area contributed by atoms with Crippen molar-refractivity contribution in [2.75, 3.05) is 5.32 Å². The number of ether oxygens (including phenoxy) is 1. The molecular formula is C23H24F3NO2. The van der Waals surface area contributed by atoms with Gasteiger partial charge in [0.15, 0.2) is 0 Å². The van der Waals surface area contributed by atoms with Crippen molar-refractivity contribution < 1.29 is 22.7 Å². The number of alkyl halides is 3. The average molecular weight is 403 g/mol. The molecule has 1 atom stereocenters. The van der Waals surface area contributed by atoms with Gasteiger partial charge in [-0.15, -0.1) is 0 Å². The molecule has 2 aliphatic carbocycles. The molecule has 6 heteroatoms. The first kappa shape index (κ1) is 19.8. The molecule has 1 amide bonds. The number of hydrogen-bond donors (Lipinski definition) is 1. The Morgan fingerprint density at radius 1 is 0.966 bits per heavy atom. The third-order valence-electron chi connectivity index (χ3n) is 6.53. The van der Waals surface area contributed by atoms with Gasteiger partial charge in [-0.05, 0) is 68.2 Å². The number of anilines is 1. The summed E-state index contributed by atoms with van der Waals surface area (Å²) in [6.45, 7) is 0. The third kappa shape index (κ3) is 4.26. The summed E-state index contributed by atoms with van der Waals surface area (Å²) in [5.74, 6) is 0.544. The van der Waals surface area contributed by atoms with Gasteiger partial charge in [0, 0.05) is 11.1 Å². The van der Waals surface area contributed by atoms with E-state index in [1.54, 1.807) is 0 Å². The number of amides is 1. The molecule has 1 N–H and O–H groups in total. The highest BCUT2D eigenvalue weighted by Gasteiger charge is 2.50. The summed E-state index contributed by atoms with van der Waals surface area (Å²) in [4.78, 5) is 12.3. The first-order valence-corrected chi connectivity index (χ1v) is 10.1. The standard InChI is InChI=1S/C23H24F3NO2/c24-23(25,26)18-7-4-8-19(15-18)27-21(28)29-20-11-14-22(20)12-9-17(10-13-22)16-5-2-1-3-6-16/h1-8,15,17,20H,9-14H2,(H,27,28)/t17?,20-,22?/m0/s1. The number of hydrogen-bond acceptors (Lipinski definition) is 2. The van der Waals surface area contributed by atoms with Crippen LogP contribution in [0.2, 0.25) is 0 Å². The van der Waals surface area contributed by atoms with Crippen LogP contribution in [0.3, 0.4) is 0 Å². The lowest BCUT2D eigenvalue weighted by atomic mass is 9.56. The van der Waals surface area contributed by atoms with Gasteiger partial charge in [0.25, 0.3) is 0 Å². The molecule has 4 rings (SSSR count). The van der Waals surface area contributed by atoms with E-state index in [2.05, 4.69) is 29.6 Å². The highest BCUT2D eigenvalue weighted by Crippen LogP contribution is 2.55. The van der Waals surface area contributed by atoms with Crippen molar-refractivity contribution >= 4 is 11.8 Å². The Morgan fingerprint density at radius 2 is 1.66 bits per heavy atom. The van der Waals surface area contributed by atoms with Gasteiger partial charge in [-0.2, -0.15) is 13.2 Å². The second-order valence-electron chi connectivity index (χ2n) is 8.18. The SMILES string of the molecule is O=C(Nc1cccc(C(F)(F)F)c1)O[C@H]1CCC12CCC(c1ccccc1)CC2. The molecule has 2 saturated carbocycles. The monoisotopic (exact) mass is 403 g/mol. The summed E-state index contributed by atoms with van der Waals surface area (Å²) in [5, 5.41) is 2.45. The maximum atomic E-state index is 12.8. The van der Waals surface area contributed by atoms with Gasteiger partial charge in [0.05, 0.1) is 5.56 Å². The molecule has 154 valence electrons. The number of carbonyl (C=O) groups excluding carboxylic acids is 1. The zero-order chi connectivity index (χ0) is 20.5. The Bertz CT molecular complexity index is 858. The molecular weight excluding hydrogens is 379 g/mol. The second kappa shape index (κ2) is 7.73. The fourth-order valence-corrected chi connectivity index (χ4v) is 4.73. The van der Waals surface area contributed by atoms with Crippen LogP contribution in [-0.4, -0.2) is 12.2 Å². The topological polar surface area (TPSA) is 38.3 Å². The van der Waals surface area contributed by atoms with Gasteiger partial charge in [-0.3, -0.25) is 5.32 Å². The summed E-state index contributed by atoms with van der Waals surface area (Å²) in [6, 6.07) is 15.1. The van der Waals surface area contributed by atoms with E-state index in [1.807, 2.05) is 6.07 Å². The zero-order valence-electron chi connectivity index (χ0n) is 16.0. The molecule has 3 nitrogen and oxygen atoms in total. The van der Waals surface area contributed by atoms with Crippen LogP contribution in [0.5, 0.6) is 0 Å². The third-order valence-corrected chi connectivity index (χ3v) is 6.53. The molecule has 0 bridgehead atoms. The minimum atomic E-state index is -4.45. The van der Waals surface area contributed by atoms with Gasteiger partial charge in [0.2, 0.25) is 0 Å². The Balaban J connectivity index is 1.33. The van der Waals surface area contributed by atoms with Crippen molar-refractivity contribution in [1.82, 2.24) is 0 Å². The van der Waals surface area contributed by atoms with Crippen LogP contribution in [0.4, 0.5) is 23.7 Å². The van der Waals surface area contributed by atoms with Crippen LogP contribution in [0.15, 0.2) is 54.6 Å². The highest BCUT2D eigenvalue weighted by atomic mass is 19.4. The highest BCUT2D eigenvalue weighted by molar-refractivity contribution is 5.84. The van der Waals surface area contributed by atoms with E-state index >= 15 is 0 Å². The second-order valence-corrected chi connectivity index (χ2v) is 8.18. The van der Waals surface area contributed by atoms with Crippen LogP contribution in [-0.2, 0) is 10.9 Å². The van der Waals surface area contributed by atoms with Crippen molar-refractivity contribution in [2.24, 2.45) is 5.41 Å². The first-order chi connectivity index (χ1) is 13.9. The van der Waals surface area contributed by atoms with E-state index < -0.39 is 17.8 Å². The van der Waals surface area contributed by atoms with Gasteiger partial charge in [-0.1, -0.05) is 36.4 Å². The van der Waals surface area contributed by atoms with Crippen LogP contribution in [0, 0.1) is 5.41 Å². The number of nitrogens with one attached hydrogen (secondary N) is 1. The van der Waals surface area contributed by atoms with E-state index in [4.69, 9.17) is 4.74 Å². The van der Waals surface area contributed by atoms with Gasteiger partial charge >= 0.3 is 12.3 Å². The number of benzene rings is 2. The largest absolute Gasteiger partial charge is 0.445 e. The minimum absolute atomic E-state index is 0.0242. The summed E-state index contributed by atoms with van der Waals surface area (Å²) in [6.07, 6.45) is 0.711. The molecule has 0 aliphatic heterocycles. The smallest absolute Gasteiger partial charge is 0.416 e. The van der Waals surface area contributed by atoms with E-state index in [0.717, 1.165) is 50.7 Å². The maximum Gasteiger partial charge on any atom is 0.416 e. The lowest BCUT2D eigenvalue weighted by molar-refractivity contribution is -0.137. The Morgan fingerprint density at radius 3 is 2.28 bits per heavy atom. The van der Waals surface area contributed by atoms with Gasteiger partial charge in [-0.25, -0.2) is 4.79 Å². The fraction of sp³-hybridized carbons (Fsp3) is 0.435. The Kier molecular flexibility index (Phi) is 5.28. The molecule has 0 aromatic heterocycles. The molecule has 29 heavy (non-hydrogen) atoms. The lowest BCUT2D eigenvalue weighted by Crippen LogP contribution is -2.49. The first-order valence-electron chi connectivity index (χ1n) is 10.1. The van der Waals surface area contributed by atoms with E-state index in [-0.39, 0.29) is 17.2 Å². The average Bonchev–Trinajstić information content (AvgIpc) is 2.72. The molecule has 1 spiro atoms. The number of halogens is 3. The normalized spacial score (nSPS) is 26.6. The fourth-order valence-electron chi connectivity index (χ4n) is 4.73. The van der Waals surface area contributed by atoms with Crippen molar-refractivity contribution in [3.8, 4) is 0 Å². The van der Waals surface area contributed by atoms with Crippen LogP contribution >= 0.6 is 0 Å². The van der Waals surface area contributed by atoms with Crippen molar-refractivity contribution in [2.45, 2.75) is 56.7 Å². The Labute approximate surface area is 168 Å². The van der Waals surface area contributed by atoms with Crippen molar-refractivity contribution in [1.29, 1.82) is 0 Å². The van der Waals surface area contributed by atoms with Gasteiger partial charge in [0.1, 0.15) is 6.10 Å². The molecule has 2 aliphatic rings. The van der Waals surface area contributed by atoms with E-state index in [0.29, 0.717) is 5.92 Å². The maximum absolute atomic E-state index is 12.8. The molecule has 0 radical (unpaired) electrons. The molecule has 2 aromatic carbocycles. The van der Waals surface area contributed by atoms with Crippen molar-refractivity contribution in [3.05, 3.63) is 65.7 Å². The number of carbonyl (C=O) groups is 1. The predicted octanol–water partition coefficient (Wildman–Crippen LogP) is 6.76. The minimum Gasteiger partial charge on any atom is -0.445 e. The molecule has 0 heterocycles. The number of rotatable bonds is 3. The van der Waals surface area contributed by atoms with Crippen molar-refractivity contribution in [3.63, 3.8) is 0 Å². The zero-order valence-corrected chi connectivity index (χ0v) is 16.0. The molecule has 0 unspecified atom stereocenters. The Hall–Kier alpha value is -2.50. The summed E-state index contributed by atoms with van der Waals surface area (Å²) >= 11 is 0. The molecule has 2 fully saturated rings. The quantitative estimate of drug-likeness (QED) is 0.615. The van der Waals surface area contributed by atoms with E-state index in [1.165, 1.54) is 17.7 Å². The van der Waals surface area contributed by atoms with Gasteiger partial charge < -0.3 is 4.74 Å². The van der Waals surface area contributed by atoms with Crippen LogP contribution in [0.1, 0.15) is 55.6 Å². The van der Waals surface area contributed by atoms with Crippen LogP contribution < -0.4 is 5.32 Å². The summed E-state index contributed by atoms with van der Waals surface area (Å²) in [7, 11) is 0.